The van der Waals surface area contributed by atoms with Crippen LogP contribution in [0, 0.1) is 10.1 Å². The van der Waals surface area contributed by atoms with Crippen molar-refractivity contribution in [3.05, 3.63) is 10.1 Å². The monoisotopic (exact) mass is 330 g/mol. The van der Waals surface area contributed by atoms with Crippen LogP contribution in [-0.4, -0.2) is 58.9 Å². The van der Waals surface area contributed by atoms with Crippen molar-refractivity contribution in [2.45, 2.75) is 37.4 Å². The van der Waals surface area contributed by atoms with E-state index in [1.54, 1.807) is 5.43 Å². The number of likely N-dealkylation sites (tertiary alicyclic amines) is 1. The molecule has 0 aromatic heterocycles. The number of amides is 2. The number of primary amides is 1. The summed E-state index contributed by atoms with van der Waals surface area (Å²) < 4.78 is 0. The van der Waals surface area contributed by atoms with Crippen molar-refractivity contribution in [1.82, 2.24) is 10.3 Å². The van der Waals surface area contributed by atoms with Gasteiger partial charge in [-0.15, -0.1) is 0 Å². The summed E-state index contributed by atoms with van der Waals surface area (Å²) in [5.74, 6) is -1.34. The predicted octanol–water partition coefficient (Wildman–Crippen LogP) is -3.40. The number of hydrazine groups is 1. The Morgan fingerprint density at radius 2 is 2.09 bits per heavy atom. The maximum atomic E-state index is 12.3. The molecule has 0 radical (unpaired) electrons. The van der Waals surface area contributed by atoms with E-state index in [2.05, 4.69) is 4.99 Å². The third-order valence-electron chi connectivity index (χ3n) is 3.42. The molecule has 12 nitrogen and oxygen atoms in total. The molecular formula is C11H22N8O4. The van der Waals surface area contributed by atoms with Crippen LogP contribution in [0.1, 0.15) is 19.3 Å². The molecule has 0 aromatic carbocycles. The molecule has 2 amide bonds. The van der Waals surface area contributed by atoms with Crippen molar-refractivity contribution in [1.29, 1.82) is 0 Å². The highest BCUT2D eigenvalue weighted by atomic mass is 16.7. The van der Waals surface area contributed by atoms with E-state index in [0.717, 1.165) is 0 Å². The van der Waals surface area contributed by atoms with E-state index < -0.39 is 28.9 Å². The fourth-order valence-electron chi connectivity index (χ4n) is 2.36. The third-order valence-corrected chi connectivity index (χ3v) is 3.42. The summed E-state index contributed by atoms with van der Waals surface area (Å²) in [7, 11) is 0. The number of hydrogen-bond acceptors (Lipinski definition) is 7. The molecule has 3 atom stereocenters. The number of carbonyl (C=O) groups is 2. The quantitative estimate of drug-likeness (QED) is 0.104. The van der Waals surface area contributed by atoms with Crippen LogP contribution in [0.25, 0.3) is 0 Å². The molecule has 0 spiro atoms. The van der Waals surface area contributed by atoms with Gasteiger partial charge in [0.05, 0.1) is 6.04 Å². The second-order valence-corrected chi connectivity index (χ2v) is 5.29. The molecule has 23 heavy (non-hydrogen) atoms. The fourth-order valence-corrected chi connectivity index (χ4v) is 2.36. The van der Waals surface area contributed by atoms with Gasteiger partial charge in [0.2, 0.25) is 11.8 Å². The minimum absolute atomic E-state index is 0.173. The van der Waals surface area contributed by atoms with Crippen LogP contribution < -0.4 is 28.4 Å². The molecule has 0 saturated carbocycles. The molecular weight excluding hydrogens is 308 g/mol. The van der Waals surface area contributed by atoms with Crippen molar-refractivity contribution in [2.75, 3.05) is 13.1 Å². The number of nitrogens with two attached hydrogens (primary N) is 4. The normalized spacial score (nSPS) is 22.7. The number of rotatable bonds is 7. The Kier molecular flexibility index (Phi) is 6.65. The van der Waals surface area contributed by atoms with E-state index in [-0.39, 0.29) is 31.5 Å². The zero-order valence-corrected chi connectivity index (χ0v) is 12.6. The smallest absolute Gasteiger partial charge is 0.251 e. The Balaban J connectivity index is 2.45. The van der Waals surface area contributed by atoms with E-state index >= 15 is 0 Å². The lowest BCUT2D eigenvalue weighted by atomic mass is 10.1. The van der Waals surface area contributed by atoms with Crippen LogP contribution in [0.4, 0.5) is 0 Å². The molecule has 0 unspecified atom stereocenters. The van der Waals surface area contributed by atoms with Crippen LogP contribution in [0.5, 0.6) is 0 Å². The molecule has 9 N–H and O–H groups in total. The first-order valence-electron chi connectivity index (χ1n) is 7.04. The number of nitrogens with zero attached hydrogens (tertiary/aromatic N) is 3. The number of carbonyl (C=O) groups excluding carboxylic acids is 2. The van der Waals surface area contributed by atoms with Gasteiger partial charge in [0, 0.05) is 19.1 Å². The van der Waals surface area contributed by atoms with E-state index in [1.165, 1.54) is 4.90 Å². The number of guanidine groups is 1. The Morgan fingerprint density at radius 1 is 1.43 bits per heavy atom. The largest absolute Gasteiger partial charge is 0.368 e. The Labute approximate surface area is 132 Å². The lowest BCUT2D eigenvalue weighted by molar-refractivity contribution is -0.525. The standard InChI is InChI=1S/C11H22N8O4/c12-6-4-8(9(14)20)18(5-6)10(21)7(13)2-1-3-16-11(15)17-19(22)23/h6-8H,1-5,12-13H2,(H2,14,20)(H3,15,16,17)/t6-,7+,8+/m1/s1. The lowest BCUT2D eigenvalue weighted by Crippen LogP contribution is -2.50. The summed E-state index contributed by atoms with van der Waals surface area (Å²) in [5.41, 5.74) is 23.8. The van der Waals surface area contributed by atoms with E-state index in [0.29, 0.717) is 12.8 Å². The van der Waals surface area contributed by atoms with Gasteiger partial charge in [0.1, 0.15) is 6.04 Å². The molecule has 0 aromatic rings. The summed E-state index contributed by atoms with van der Waals surface area (Å²) in [6.07, 6.45) is 1.00. The van der Waals surface area contributed by atoms with Gasteiger partial charge in [0.15, 0.2) is 5.03 Å². The average Bonchev–Trinajstić information content (AvgIpc) is 2.84. The number of aliphatic imine (C=N–C) groups is 1. The first-order valence-corrected chi connectivity index (χ1v) is 7.04. The van der Waals surface area contributed by atoms with Gasteiger partial charge in [-0.1, -0.05) is 5.43 Å². The topological polar surface area (TPSA) is 209 Å². The third kappa shape index (κ3) is 5.67. The van der Waals surface area contributed by atoms with Crippen molar-refractivity contribution in [2.24, 2.45) is 27.9 Å². The van der Waals surface area contributed by atoms with Crippen LogP contribution in [-0.2, 0) is 9.59 Å². The van der Waals surface area contributed by atoms with Crippen LogP contribution >= 0.6 is 0 Å². The summed E-state index contributed by atoms with van der Waals surface area (Å²) in [5, 5.41) is 9.29. The average molecular weight is 330 g/mol. The van der Waals surface area contributed by atoms with Gasteiger partial charge in [0.25, 0.3) is 5.96 Å². The fraction of sp³-hybridized carbons (Fsp3) is 0.727. The van der Waals surface area contributed by atoms with E-state index in [9.17, 15) is 19.7 Å². The molecule has 0 aliphatic carbocycles. The second-order valence-electron chi connectivity index (χ2n) is 5.29. The van der Waals surface area contributed by atoms with Crippen molar-refractivity contribution in [3.8, 4) is 0 Å². The minimum Gasteiger partial charge on any atom is -0.368 e. The number of hydrogen-bond donors (Lipinski definition) is 5. The van der Waals surface area contributed by atoms with Gasteiger partial charge in [-0.25, -0.2) is 15.1 Å². The van der Waals surface area contributed by atoms with Gasteiger partial charge in [-0.05, 0) is 19.3 Å². The summed E-state index contributed by atoms with van der Waals surface area (Å²) in [6.45, 7) is 0.407. The van der Waals surface area contributed by atoms with Crippen molar-refractivity contribution < 1.29 is 14.6 Å². The highest BCUT2D eigenvalue weighted by Crippen LogP contribution is 2.18. The van der Waals surface area contributed by atoms with E-state index in [1.807, 2.05) is 0 Å². The highest BCUT2D eigenvalue weighted by Gasteiger charge is 2.38. The lowest BCUT2D eigenvalue weighted by Gasteiger charge is -2.25. The molecule has 1 saturated heterocycles. The first kappa shape index (κ1) is 18.6. The zero-order valence-electron chi connectivity index (χ0n) is 12.6. The minimum atomic E-state index is -0.831. The first-order chi connectivity index (χ1) is 10.7. The van der Waals surface area contributed by atoms with Crippen LogP contribution in [0.2, 0.25) is 0 Å². The molecule has 1 aliphatic rings. The number of nitro groups is 1. The number of nitrogens with one attached hydrogen (secondary N) is 1. The Morgan fingerprint density at radius 3 is 2.65 bits per heavy atom. The molecule has 12 heteroatoms. The molecule has 1 fully saturated rings. The molecule has 1 aliphatic heterocycles. The van der Waals surface area contributed by atoms with Crippen LogP contribution in [0.15, 0.2) is 4.99 Å². The molecule has 1 rings (SSSR count). The van der Waals surface area contributed by atoms with Crippen molar-refractivity contribution >= 4 is 17.8 Å². The van der Waals surface area contributed by atoms with Gasteiger partial charge in [-0.2, -0.15) is 0 Å². The molecule has 130 valence electrons. The van der Waals surface area contributed by atoms with Gasteiger partial charge < -0.3 is 27.8 Å². The predicted molar refractivity (Wildman–Crippen MR) is 81.1 cm³/mol. The maximum Gasteiger partial charge on any atom is 0.251 e. The highest BCUT2D eigenvalue weighted by molar-refractivity contribution is 5.89. The molecule has 1 heterocycles. The van der Waals surface area contributed by atoms with Crippen molar-refractivity contribution in [3.63, 3.8) is 0 Å². The maximum absolute atomic E-state index is 12.3. The Hall–Kier alpha value is -2.47. The van der Waals surface area contributed by atoms with E-state index in [4.69, 9.17) is 22.9 Å². The Bertz CT molecular complexity index is 496. The van der Waals surface area contributed by atoms with Gasteiger partial charge >= 0.3 is 0 Å². The zero-order chi connectivity index (χ0) is 17.6. The molecule has 0 bridgehead atoms. The summed E-state index contributed by atoms with van der Waals surface area (Å²) >= 11 is 0. The van der Waals surface area contributed by atoms with Crippen LogP contribution in [0.3, 0.4) is 0 Å². The van der Waals surface area contributed by atoms with Gasteiger partial charge in [-0.3, -0.25) is 9.59 Å². The summed E-state index contributed by atoms with van der Waals surface area (Å²) in [4.78, 5) is 38.7. The second kappa shape index (κ2) is 8.24. The summed E-state index contributed by atoms with van der Waals surface area (Å²) in [6, 6.07) is -1.87. The SMILES string of the molecule is NC(=O)[C@@H]1C[C@@H](N)CN1C(=O)[C@@H](N)CCCN=C(N)N[N+](=O)[O-].